The Balaban J connectivity index is 2.27. The van der Waals surface area contributed by atoms with Crippen LogP contribution in [0.4, 0.5) is 0 Å². The van der Waals surface area contributed by atoms with Crippen LogP contribution in [-0.4, -0.2) is 26.9 Å². The van der Waals surface area contributed by atoms with Crippen LogP contribution in [-0.2, 0) is 22.6 Å². The van der Waals surface area contributed by atoms with Gasteiger partial charge < -0.3 is 4.74 Å². The van der Waals surface area contributed by atoms with Crippen LogP contribution >= 0.6 is 22.6 Å². The highest BCUT2D eigenvalue weighted by molar-refractivity contribution is 14.1. The zero-order valence-electron chi connectivity index (χ0n) is 17.2. The van der Waals surface area contributed by atoms with Gasteiger partial charge in [-0.05, 0) is 49.2 Å². The van der Waals surface area contributed by atoms with E-state index in [1.807, 2.05) is 32.9 Å². The molecule has 3 nitrogen and oxygen atoms in total. The van der Waals surface area contributed by atoms with Crippen LogP contribution in [0.5, 0.6) is 0 Å². The van der Waals surface area contributed by atoms with Crippen LogP contribution in [0.25, 0.3) is 0 Å². The van der Waals surface area contributed by atoms with Crippen LogP contribution in [0.1, 0.15) is 51.2 Å². The molecule has 0 aromatic heterocycles. The quantitative estimate of drug-likeness (QED) is 0.176. The fraction of sp³-hybridized carbons (Fsp3) is 0.458. The molecule has 0 amide bonds. The van der Waals surface area contributed by atoms with E-state index >= 15 is 0 Å². The van der Waals surface area contributed by atoms with Crippen LogP contribution < -0.4 is 0 Å². The summed E-state index contributed by atoms with van der Waals surface area (Å²) in [6.45, 7) is 7.26. The van der Waals surface area contributed by atoms with Crippen molar-refractivity contribution >= 4 is 28.6 Å². The van der Waals surface area contributed by atoms with Crippen LogP contribution in [0.15, 0.2) is 60.7 Å². The fourth-order valence-electron chi connectivity index (χ4n) is 3.16. The Bertz CT molecular complexity index is 656. The van der Waals surface area contributed by atoms with Crippen molar-refractivity contribution in [3.8, 4) is 0 Å². The van der Waals surface area contributed by atoms with Gasteiger partial charge in [0.15, 0.2) is 0 Å². The topological polar surface area (TPSA) is 29.5 Å². The molecule has 0 N–H and O–H groups in total. The van der Waals surface area contributed by atoms with Crippen molar-refractivity contribution in [1.29, 1.82) is 0 Å². The van der Waals surface area contributed by atoms with E-state index in [1.165, 1.54) is 11.1 Å². The van der Waals surface area contributed by atoms with Crippen LogP contribution in [0.3, 0.4) is 0 Å². The summed E-state index contributed by atoms with van der Waals surface area (Å²) in [5, 5.41) is 0. The first kappa shape index (κ1) is 22.9. The molecule has 0 radical (unpaired) electrons. The first-order valence-corrected chi connectivity index (χ1v) is 11.5. The average Bonchev–Trinajstić information content (AvgIpc) is 2.65. The lowest BCUT2D eigenvalue weighted by Crippen LogP contribution is -2.43. The summed E-state index contributed by atoms with van der Waals surface area (Å²) >= 11 is 2.40. The van der Waals surface area contributed by atoms with Gasteiger partial charge in [0.05, 0.1) is 0 Å². The van der Waals surface area contributed by atoms with Gasteiger partial charge in [-0.25, -0.2) is 0 Å². The smallest absolute Gasteiger partial charge is 0.323 e. The minimum Gasteiger partial charge on any atom is -0.459 e. The third kappa shape index (κ3) is 8.31. The molecule has 0 saturated carbocycles. The molecular weight excluding hydrogens is 461 g/mol. The summed E-state index contributed by atoms with van der Waals surface area (Å²) in [6, 6.07) is 20.5. The zero-order valence-corrected chi connectivity index (χ0v) is 19.4. The average molecular weight is 493 g/mol. The molecule has 1 atom stereocenters. The number of unbranched alkanes of at least 4 members (excludes halogenated alkanes) is 1. The molecule has 1 unspecified atom stereocenters. The number of esters is 1. The summed E-state index contributed by atoms with van der Waals surface area (Å²) in [4.78, 5) is 15.4. The molecule has 2 aromatic rings. The van der Waals surface area contributed by atoms with Gasteiger partial charge >= 0.3 is 5.97 Å². The van der Waals surface area contributed by atoms with Crippen molar-refractivity contribution in [2.24, 2.45) is 0 Å². The Morgan fingerprint density at radius 2 is 1.43 bits per heavy atom. The predicted molar refractivity (Wildman–Crippen MR) is 125 cm³/mol. The van der Waals surface area contributed by atoms with Crippen LogP contribution in [0, 0.1) is 0 Å². The Labute approximate surface area is 183 Å². The van der Waals surface area contributed by atoms with Gasteiger partial charge in [-0.3, -0.25) is 9.69 Å². The molecular formula is C24H32INO2. The number of rotatable bonds is 10. The number of halogens is 1. The van der Waals surface area contributed by atoms with E-state index in [1.54, 1.807) is 0 Å². The third-order valence-corrected chi connectivity index (χ3v) is 5.20. The number of benzene rings is 2. The van der Waals surface area contributed by atoms with Gasteiger partial charge in [0, 0.05) is 13.1 Å². The molecule has 0 saturated heterocycles. The largest absolute Gasteiger partial charge is 0.459 e. The van der Waals surface area contributed by atoms with E-state index in [2.05, 4.69) is 76.0 Å². The number of nitrogens with zero attached hydrogens (tertiary/aromatic N) is 1. The van der Waals surface area contributed by atoms with Crippen LogP contribution in [0.2, 0.25) is 0 Å². The number of carbonyl (C=O) groups is 1. The molecule has 0 bridgehead atoms. The normalized spacial score (nSPS) is 12.8. The summed E-state index contributed by atoms with van der Waals surface area (Å²) in [6.07, 6.45) is 2.95. The van der Waals surface area contributed by atoms with Crippen molar-refractivity contribution in [2.45, 2.75) is 64.8 Å². The Hall–Kier alpha value is -1.40. The van der Waals surface area contributed by atoms with Crippen molar-refractivity contribution in [2.75, 3.05) is 4.43 Å². The highest BCUT2D eigenvalue weighted by Crippen LogP contribution is 2.21. The minimum absolute atomic E-state index is 0.118. The number of carbonyl (C=O) groups excluding carboxylic acids is 1. The SMILES string of the molecule is CC(C)(C)OC(=O)C(CCCCI)N(Cc1ccccc1)Cc1ccccc1. The second-order valence-electron chi connectivity index (χ2n) is 8.11. The van der Waals surface area contributed by atoms with Crippen molar-refractivity contribution in [1.82, 2.24) is 4.90 Å². The summed E-state index contributed by atoms with van der Waals surface area (Å²) in [5.74, 6) is -0.118. The zero-order chi connectivity index (χ0) is 20.4. The lowest BCUT2D eigenvalue weighted by atomic mass is 10.0. The molecule has 0 aliphatic rings. The number of ether oxygens (including phenoxy) is 1. The molecule has 0 aliphatic heterocycles. The molecule has 0 fully saturated rings. The summed E-state index contributed by atoms with van der Waals surface area (Å²) in [7, 11) is 0. The maximum absolute atomic E-state index is 13.1. The minimum atomic E-state index is -0.482. The van der Waals surface area contributed by atoms with E-state index in [4.69, 9.17) is 4.74 Å². The molecule has 0 heterocycles. The Kier molecular flexibility index (Phi) is 9.45. The monoisotopic (exact) mass is 493 g/mol. The number of alkyl halides is 1. The standard InChI is InChI=1S/C24H32INO2/c1-24(2,3)28-23(27)22(16-10-11-17-25)26(18-20-12-6-4-7-13-20)19-21-14-8-5-9-15-21/h4-9,12-15,22H,10-11,16-19H2,1-3H3. The molecule has 0 spiro atoms. The second-order valence-corrected chi connectivity index (χ2v) is 9.19. The first-order chi connectivity index (χ1) is 13.4. The van der Waals surface area contributed by atoms with Gasteiger partial charge in [-0.2, -0.15) is 0 Å². The maximum atomic E-state index is 13.1. The van der Waals surface area contributed by atoms with E-state index in [-0.39, 0.29) is 12.0 Å². The van der Waals surface area contributed by atoms with Crippen molar-refractivity contribution in [3.05, 3.63) is 71.8 Å². The molecule has 2 aromatic carbocycles. The van der Waals surface area contributed by atoms with Gasteiger partial charge in [0.2, 0.25) is 0 Å². The van der Waals surface area contributed by atoms with Gasteiger partial charge in [-0.15, -0.1) is 0 Å². The highest BCUT2D eigenvalue weighted by Gasteiger charge is 2.30. The van der Waals surface area contributed by atoms with Crippen molar-refractivity contribution in [3.63, 3.8) is 0 Å². The maximum Gasteiger partial charge on any atom is 0.323 e. The lowest BCUT2D eigenvalue weighted by Gasteiger charge is -2.33. The molecule has 4 heteroatoms. The van der Waals surface area contributed by atoms with E-state index in [0.717, 1.165) is 36.8 Å². The lowest BCUT2D eigenvalue weighted by molar-refractivity contribution is -0.162. The summed E-state index contributed by atoms with van der Waals surface area (Å²) in [5.41, 5.74) is 1.94. The van der Waals surface area contributed by atoms with E-state index in [9.17, 15) is 4.79 Å². The third-order valence-electron chi connectivity index (χ3n) is 4.44. The van der Waals surface area contributed by atoms with E-state index < -0.39 is 5.60 Å². The summed E-state index contributed by atoms with van der Waals surface area (Å²) < 4.78 is 6.91. The first-order valence-electron chi connectivity index (χ1n) is 10.00. The van der Waals surface area contributed by atoms with Gasteiger partial charge in [0.1, 0.15) is 11.6 Å². The van der Waals surface area contributed by atoms with Crippen molar-refractivity contribution < 1.29 is 9.53 Å². The highest BCUT2D eigenvalue weighted by atomic mass is 127. The van der Waals surface area contributed by atoms with E-state index in [0.29, 0.717) is 0 Å². The second kappa shape index (κ2) is 11.6. The van der Waals surface area contributed by atoms with Gasteiger partial charge in [-0.1, -0.05) is 89.7 Å². The molecule has 28 heavy (non-hydrogen) atoms. The Morgan fingerprint density at radius 3 is 1.86 bits per heavy atom. The predicted octanol–water partition coefficient (Wildman–Crippen LogP) is 6.00. The Morgan fingerprint density at radius 1 is 0.929 bits per heavy atom. The number of hydrogen-bond acceptors (Lipinski definition) is 3. The number of hydrogen-bond donors (Lipinski definition) is 0. The molecule has 0 aliphatic carbocycles. The molecule has 152 valence electrons. The molecule has 2 rings (SSSR count). The van der Waals surface area contributed by atoms with Gasteiger partial charge in [0.25, 0.3) is 0 Å². The fourth-order valence-corrected chi connectivity index (χ4v) is 3.70.